The second-order valence-electron chi connectivity index (χ2n) is 9.60. The lowest BCUT2D eigenvalue weighted by atomic mass is 9.77. The van der Waals surface area contributed by atoms with Crippen LogP contribution >= 0.6 is 0 Å². The first-order valence-electron chi connectivity index (χ1n) is 11.4. The van der Waals surface area contributed by atoms with E-state index in [1.165, 1.54) is 55.3 Å². The largest absolute Gasteiger partial charge is 0.312 e. The first-order valence-corrected chi connectivity index (χ1v) is 11.4. The summed E-state index contributed by atoms with van der Waals surface area (Å²) in [7, 11) is 0. The van der Waals surface area contributed by atoms with E-state index in [0.29, 0.717) is 0 Å². The highest BCUT2D eigenvalue weighted by Crippen LogP contribution is 2.50. The lowest BCUT2D eigenvalue weighted by molar-refractivity contribution is -0.145. The Labute approximate surface area is 191 Å². The smallest absolute Gasteiger partial charge is 0.0871 e. The molecule has 0 saturated carbocycles. The van der Waals surface area contributed by atoms with Crippen LogP contribution in [0.1, 0.15) is 67.7 Å². The van der Waals surface area contributed by atoms with Crippen molar-refractivity contribution >= 4 is 10.8 Å². The van der Waals surface area contributed by atoms with Crippen molar-refractivity contribution < 1.29 is 5.21 Å². The van der Waals surface area contributed by atoms with Gasteiger partial charge in [0, 0.05) is 0 Å². The fourth-order valence-electron chi connectivity index (χ4n) is 5.66. The Bertz CT molecular complexity index is 1270. The fourth-order valence-corrected chi connectivity index (χ4v) is 5.66. The summed E-state index contributed by atoms with van der Waals surface area (Å²) in [5.41, 5.74) is 12.1. The van der Waals surface area contributed by atoms with Crippen LogP contribution in [0, 0.1) is 41.5 Å². The molecule has 0 aliphatic carbocycles. The van der Waals surface area contributed by atoms with Gasteiger partial charge in [-0.3, -0.25) is 0 Å². The molecule has 0 fully saturated rings. The van der Waals surface area contributed by atoms with Gasteiger partial charge in [0.2, 0.25) is 0 Å². The second-order valence-corrected chi connectivity index (χ2v) is 9.60. The van der Waals surface area contributed by atoms with Crippen molar-refractivity contribution in [2.75, 3.05) is 0 Å². The van der Waals surface area contributed by atoms with Crippen LogP contribution in [0.5, 0.6) is 0 Å². The van der Waals surface area contributed by atoms with Crippen molar-refractivity contribution in [2.45, 2.75) is 53.6 Å². The maximum Gasteiger partial charge on any atom is 0.0871 e. The maximum atomic E-state index is 12.0. The van der Waals surface area contributed by atoms with Crippen molar-refractivity contribution in [2.24, 2.45) is 0 Å². The van der Waals surface area contributed by atoms with E-state index in [1.54, 1.807) is 5.06 Å². The monoisotopic (exact) mass is 421 g/mol. The average molecular weight is 422 g/mol. The lowest BCUT2D eigenvalue weighted by Gasteiger charge is -2.42. The molecule has 2 heteroatoms. The molecule has 0 aromatic heterocycles. The molecule has 5 rings (SSSR count). The maximum absolute atomic E-state index is 12.0. The van der Waals surface area contributed by atoms with Gasteiger partial charge in [0.25, 0.3) is 0 Å². The number of benzene rings is 4. The third-order valence-corrected chi connectivity index (χ3v) is 7.22. The van der Waals surface area contributed by atoms with Crippen molar-refractivity contribution in [1.82, 2.24) is 5.06 Å². The Morgan fingerprint density at radius 2 is 1.00 bits per heavy atom. The van der Waals surface area contributed by atoms with Gasteiger partial charge in [-0.15, -0.1) is 0 Å². The molecular weight excluding hydrogens is 390 g/mol. The molecule has 1 N–H and O–H groups in total. The third kappa shape index (κ3) is 3.09. The van der Waals surface area contributed by atoms with E-state index in [-0.39, 0.29) is 12.1 Å². The molecule has 0 radical (unpaired) electrons. The van der Waals surface area contributed by atoms with Gasteiger partial charge in [-0.25, -0.2) is 0 Å². The van der Waals surface area contributed by atoms with Crippen molar-refractivity contribution in [1.29, 1.82) is 0 Å². The van der Waals surface area contributed by atoms with Crippen LogP contribution in [0.15, 0.2) is 60.7 Å². The highest BCUT2D eigenvalue weighted by atomic mass is 16.5. The molecular formula is C30H31NO. The molecule has 4 aromatic carbocycles. The number of hydroxylamine groups is 2. The average Bonchev–Trinajstić information content (AvgIpc) is 2.73. The van der Waals surface area contributed by atoms with Crippen LogP contribution in [0.4, 0.5) is 0 Å². The minimum absolute atomic E-state index is 0.223. The van der Waals surface area contributed by atoms with Gasteiger partial charge in [0.15, 0.2) is 0 Å². The summed E-state index contributed by atoms with van der Waals surface area (Å²) < 4.78 is 0. The van der Waals surface area contributed by atoms with Gasteiger partial charge in [-0.05, 0) is 96.8 Å². The van der Waals surface area contributed by atoms with Crippen LogP contribution in [0.2, 0.25) is 0 Å². The van der Waals surface area contributed by atoms with Gasteiger partial charge in [-0.2, -0.15) is 5.06 Å². The minimum Gasteiger partial charge on any atom is -0.312 e. The Hall–Kier alpha value is -2.94. The quantitative estimate of drug-likeness (QED) is 0.361. The van der Waals surface area contributed by atoms with E-state index in [9.17, 15) is 5.21 Å². The summed E-state index contributed by atoms with van der Waals surface area (Å²) >= 11 is 0. The summed E-state index contributed by atoms with van der Waals surface area (Å²) in [5, 5.41) is 16.2. The fraction of sp³-hybridized carbons (Fsp3) is 0.267. The summed E-state index contributed by atoms with van der Waals surface area (Å²) in [6, 6.07) is 21.5. The van der Waals surface area contributed by atoms with E-state index in [0.717, 1.165) is 11.1 Å². The Morgan fingerprint density at radius 1 is 0.562 bits per heavy atom. The molecule has 0 bridgehead atoms. The van der Waals surface area contributed by atoms with Crippen LogP contribution < -0.4 is 0 Å². The predicted molar refractivity (Wildman–Crippen MR) is 133 cm³/mol. The van der Waals surface area contributed by atoms with Crippen molar-refractivity contribution in [3.8, 4) is 0 Å². The Balaban J connectivity index is 1.90. The molecule has 1 heterocycles. The molecule has 32 heavy (non-hydrogen) atoms. The number of rotatable bonds is 2. The summed E-state index contributed by atoms with van der Waals surface area (Å²) in [6.07, 6.45) is 0. The molecule has 2 atom stereocenters. The van der Waals surface area contributed by atoms with Crippen molar-refractivity contribution in [3.63, 3.8) is 0 Å². The zero-order valence-corrected chi connectivity index (χ0v) is 19.8. The molecule has 0 amide bonds. The van der Waals surface area contributed by atoms with Gasteiger partial charge >= 0.3 is 0 Å². The van der Waals surface area contributed by atoms with E-state index in [1.807, 2.05) is 0 Å². The molecule has 4 aromatic rings. The van der Waals surface area contributed by atoms with E-state index < -0.39 is 0 Å². The summed E-state index contributed by atoms with van der Waals surface area (Å²) in [4.78, 5) is 0. The molecule has 0 spiro atoms. The molecule has 0 unspecified atom stereocenters. The zero-order valence-electron chi connectivity index (χ0n) is 19.8. The van der Waals surface area contributed by atoms with Crippen molar-refractivity contribution in [3.05, 3.63) is 116 Å². The number of nitrogens with zero attached hydrogens (tertiary/aromatic N) is 1. The third-order valence-electron chi connectivity index (χ3n) is 7.22. The van der Waals surface area contributed by atoms with E-state index >= 15 is 0 Å². The minimum atomic E-state index is -0.223. The summed E-state index contributed by atoms with van der Waals surface area (Å²) in [5.74, 6) is 0. The molecule has 162 valence electrons. The standard InChI is InChI=1S/C30H31NO/c1-17-7-13-24(21(5)15-17)29-26-19(3)9-11-23-12-10-20(4)27(28(23)26)30(31(29)32)25-14-8-18(2)16-22(25)6/h7-16,29-30,32H,1-6H3/t29-,30-/m0/s1. The lowest BCUT2D eigenvalue weighted by Crippen LogP contribution is -2.36. The normalized spacial score (nSPS) is 18.3. The van der Waals surface area contributed by atoms with Gasteiger partial charge in [0.05, 0.1) is 12.1 Å². The second kappa shape index (κ2) is 7.58. The van der Waals surface area contributed by atoms with Crippen LogP contribution in [0.25, 0.3) is 10.8 Å². The number of hydrogen-bond donors (Lipinski definition) is 1. The van der Waals surface area contributed by atoms with Crippen LogP contribution in [-0.4, -0.2) is 10.3 Å². The Kier molecular flexibility index (Phi) is 4.96. The van der Waals surface area contributed by atoms with Gasteiger partial charge < -0.3 is 5.21 Å². The van der Waals surface area contributed by atoms with E-state index in [4.69, 9.17) is 0 Å². The predicted octanol–water partition coefficient (Wildman–Crippen LogP) is 7.57. The highest BCUT2D eigenvalue weighted by molar-refractivity contribution is 5.93. The zero-order chi connectivity index (χ0) is 22.7. The molecule has 2 nitrogen and oxygen atoms in total. The topological polar surface area (TPSA) is 23.5 Å². The van der Waals surface area contributed by atoms with Gasteiger partial charge in [-0.1, -0.05) is 71.8 Å². The first-order chi connectivity index (χ1) is 15.3. The van der Waals surface area contributed by atoms with Crippen LogP contribution in [0.3, 0.4) is 0 Å². The molecule has 1 aliphatic rings. The highest BCUT2D eigenvalue weighted by Gasteiger charge is 2.39. The first kappa shape index (κ1) is 20.9. The Morgan fingerprint density at radius 3 is 1.41 bits per heavy atom. The molecule has 1 aliphatic heterocycles. The molecule has 0 saturated heterocycles. The number of hydrogen-bond acceptors (Lipinski definition) is 2. The van der Waals surface area contributed by atoms with Crippen LogP contribution in [-0.2, 0) is 0 Å². The van der Waals surface area contributed by atoms with Gasteiger partial charge in [0.1, 0.15) is 0 Å². The number of aryl methyl sites for hydroxylation is 6. The summed E-state index contributed by atoms with van der Waals surface area (Å²) in [6.45, 7) is 12.9. The SMILES string of the molecule is Cc1ccc([C@H]2c3c(C)ccc4ccc(C)c(c34)[C@H](c3ccc(C)cc3C)N2O)c(C)c1. The van der Waals surface area contributed by atoms with E-state index in [2.05, 4.69) is 102 Å².